The second kappa shape index (κ2) is 9.76. The zero-order valence-electron chi connectivity index (χ0n) is 19.6. The first-order chi connectivity index (χ1) is 17.1. The molecule has 2 heterocycles. The largest absolute Gasteiger partial charge is 0.481 e. The molecular formula is C25H25FN4O6. The molecule has 0 bridgehead atoms. The fourth-order valence-electron chi connectivity index (χ4n) is 4.51. The van der Waals surface area contributed by atoms with E-state index >= 15 is 0 Å². The van der Waals surface area contributed by atoms with Gasteiger partial charge in [-0.1, -0.05) is 32.0 Å². The van der Waals surface area contributed by atoms with E-state index in [2.05, 4.69) is 15.3 Å². The van der Waals surface area contributed by atoms with Crippen molar-refractivity contribution in [2.24, 2.45) is 5.92 Å². The number of aromatic nitrogens is 2. The number of ketones is 1. The van der Waals surface area contributed by atoms with E-state index in [1.165, 1.54) is 4.90 Å². The van der Waals surface area contributed by atoms with E-state index < -0.39 is 42.8 Å². The number of rotatable bonds is 9. The van der Waals surface area contributed by atoms with Crippen LogP contribution in [0.1, 0.15) is 36.2 Å². The van der Waals surface area contributed by atoms with E-state index in [0.717, 1.165) is 11.1 Å². The van der Waals surface area contributed by atoms with Crippen LogP contribution in [0.4, 0.5) is 4.39 Å². The minimum Gasteiger partial charge on any atom is -0.481 e. The van der Waals surface area contributed by atoms with E-state index in [9.17, 15) is 28.4 Å². The highest BCUT2D eigenvalue weighted by Crippen LogP contribution is 2.32. The molecule has 3 aromatic rings. The van der Waals surface area contributed by atoms with Crippen LogP contribution in [0.3, 0.4) is 0 Å². The smallest absolute Gasteiger partial charge is 0.323 e. The molecule has 2 amide bonds. The van der Waals surface area contributed by atoms with Gasteiger partial charge in [-0.05, 0) is 40.8 Å². The first-order valence-electron chi connectivity index (χ1n) is 11.4. The first-order valence-corrected chi connectivity index (χ1v) is 11.4. The van der Waals surface area contributed by atoms with Crippen molar-refractivity contribution in [3.8, 4) is 11.1 Å². The number of imidazole rings is 1. The van der Waals surface area contributed by atoms with Crippen molar-refractivity contribution in [3.63, 3.8) is 0 Å². The molecule has 4 N–H and O–H groups in total. The molecule has 2 atom stereocenters. The summed E-state index contributed by atoms with van der Waals surface area (Å²) >= 11 is 0. The molecule has 10 nitrogen and oxygen atoms in total. The van der Waals surface area contributed by atoms with Crippen LogP contribution in [0.25, 0.3) is 22.2 Å². The third-order valence-electron chi connectivity index (χ3n) is 6.24. The quantitative estimate of drug-likeness (QED) is 0.356. The van der Waals surface area contributed by atoms with Crippen molar-refractivity contribution < 1.29 is 28.7 Å². The van der Waals surface area contributed by atoms with Gasteiger partial charge in [0.1, 0.15) is 18.8 Å². The van der Waals surface area contributed by atoms with Gasteiger partial charge in [0, 0.05) is 12.1 Å². The zero-order valence-corrected chi connectivity index (χ0v) is 19.6. The summed E-state index contributed by atoms with van der Waals surface area (Å²) in [6, 6.07) is 8.20. The Kier molecular flexibility index (Phi) is 6.73. The van der Waals surface area contributed by atoms with Gasteiger partial charge in [0.2, 0.25) is 5.91 Å². The maximum atomic E-state index is 13.4. The molecule has 11 heteroatoms. The SMILES string of the molecule is CC(C)C(C(=O)NC(CC(=O)O)C(=O)CF)N1Cc2ccc(-c3ccc4[nH]c(=O)[nH]c4c3)cc2C1=O. The van der Waals surface area contributed by atoms with Crippen LogP contribution < -0.4 is 11.0 Å². The Balaban J connectivity index is 1.60. The Morgan fingerprint density at radius 1 is 1.06 bits per heavy atom. The predicted octanol–water partition coefficient (Wildman–Crippen LogP) is 2.00. The number of hydrogen-bond donors (Lipinski definition) is 4. The molecule has 4 rings (SSSR count). The number of hydrogen-bond acceptors (Lipinski definition) is 5. The molecule has 0 aliphatic carbocycles. The van der Waals surface area contributed by atoms with Crippen molar-refractivity contribution in [3.05, 3.63) is 58.0 Å². The number of amides is 2. The number of fused-ring (bicyclic) bond motifs is 2. The average molecular weight is 496 g/mol. The van der Waals surface area contributed by atoms with Gasteiger partial charge in [0.25, 0.3) is 5.91 Å². The van der Waals surface area contributed by atoms with E-state index in [0.29, 0.717) is 22.2 Å². The molecule has 0 radical (unpaired) electrons. The van der Waals surface area contributed by atoms with Crippen LogP contribution in [0, 0.1) is 5.92 Å². The molecule has 1 aromatic heterocycles. The number of carboxylic acids is 1. The third-order valence-corrected chi connectivity index (χ3v) is 6.24. The monoisotopic (exact) mass is 496 g/mol. The molecule has 2 unspecified atom stereocenters. The van der Waals surface area contributed by atoms with Gasteiger partial charge < -0.3 is 25.3 Å². The summed E-state index contributed by atoms with van der Waals surface area (Å²) in [5.74, 6) is -3.89. The van der Waals surface area contributed by atoms with Crippen molar-refractivity contribution in [2.75, 3.05) is 6.67 Å². The molecule has 36 heavy (non-hydrogen) atoms. The topological polar surface area (TPSA) is 152 Å². The number of aliphatic carboxylic acids is 1. The highest BCUT2D eigenvalue weighted by atomic mass is 19.1. The summed E-state index contributed by atoms with van der Waals surface area (Å²) in [6.45, 7) is 2.18. The average Bonchev–Trinajstić information content (AvgIpc) is 3.35. The van der Waals surface area contributed by atoms with Gasteiger partial charge in [0.15, 0.2) is 5.78 Å². The second-order valence-electron chi connectivity index (χ2n) is 9.09. The molecule has 0 spiro atoms. The number of carbonyl (C=O) groups excluding carboxylic acids is 3. The second-order valence-corrected chi connectivity index (χ2v) is 9.09. The van der Waals surface area contributed by atoms with Gasteiger partial charge in [-0.2, -0.15) is 0 Å². The summed E-state index contributed by atoms with van der Waals surface area (Å²) < 4.78 is 12.9. The molecule has 1 aliphatic heterocycles. The Bertz CT molecular complexity index is 1430. The standard InChI is InChI=1S/C25H25FN4O6/c1-12(2)22(23(34)27-19(9-21(32)33)20(31)10-26)30-11-15-4-3-13(7-16(15)24(30)35)14-5-6-17-18(8-14)29-25(36)28-17/h3-8,12,19,22H,9-11H2,1-2H3,(H,27,34)(H,32,33)(H2,28,29,36). The summed E-state index contributed by atoms with van der Waals surface area (Å²) in [5.41, 5.74) is 3.61. The number of carbonyl (C=O) groups is 4. The highest BCUT2D eigenvalue weighted by molar-refractivity contribution is 6.03. The van der Waals surface area contributed by atoms with Crippen molar-refractivity contribution in [1.82, 2.24) is 20.2 Å². The van der Waals surface area contributed by atoms with Gasteiger partial charge in [-0.15, -0.1) is 0 Å². The summed E-state index contributed by atoms with van der Waals surface area (Å²) in [6.07, 6.45) is -0.756. The molecule has 0 saturated heterocycles. The molecule has 0 saturated carbocycles. The number of halogens is 1. The number of aromatic amines is 2. The first kappa shape index (κ1) is 24.8. The lowest BCUT2D eigenvalue weighted by Gasteiger charge is -2.31. The van der Waals surface area contributed by atoms with Crippen molar-refractivity contribution in [1.29, 1.82) is 0 Å². The third kappa shape index (κ3) is 4.77. The fraction of sp³-hybridized carbons (Fsp3) is 0.320. The van der Waals surface area contributed by atoms with Crippen LogP contribution in [-0.4, -0.2) is 62.3 Å². The molecular weight excluding hydrogens is 471 g/mol. The predicted molar refractivity (Wildman–Crippen MR) is 128 cm³/mol. The summed E-state index contributed by atoms with van der Waals surface area (Å²) in [4.78, 5) is 67.7. The van der Waals surface area contributed by atoms with Gasteiger partial charge in [-0.3, -0.25) is 19.2 Å². The summed E-state index contributed by atoms with van der Waals surface area (Å²) in [5, 5.41) is 11.4. The number of nitrogens with zero attached hydrogens (tertiary/aromatic N) is 1. The molecule has 2 aromatic carbocycles. The number of carboxylic acid groups (broad SMARTS) is 1. The Morgan fingerprint density at radius 2 is 1.72 bits per heavy atom. The van der Waals surface area contributed by atoms with E-state index in [-0.39, 0.29) is 24.1 Å². The number of benzene rings is 2. The lowest BCUT2D eigenvalue weighted by atomic mass is 10.00. The Morgan fingerprint density at radius 3 is 2.39 bits per heavy atom. The van der Waals surface area contributed by atoms with Crippen LogP contribution in [-0.2, 0) is 20.9 Å². The van der Waals surface area contributed by atoms with Crippen LogP contribution in [0.5, 0.6) is 0 Å². The zero-order chi connectivity index (χ0) is 26.1. The van der Waals surface area contributed by atoms with Crippen molar-refractivity contribution in [2.45, 2.75) is 38.9 Å². The normalized spacial score (nSPS) is 14.7. The van der Waals surface area contributed by atoms with Crippen LogP contribution >= 0.6 is 0 Å². The van der Waals surface area contributed by atoms with E-state index in [1.54, 1.807) is 38.1 Å². The Labute approximate surface area is 204 Å². The molecule has 1 aliphatic rings. The van der Waals surface area contributed by atoms with Gasteiger partial charge in [-0.25, -0.2) is 9.18 Å². The maximum Gasteiger partial charge on any atom is 0.323 e. The number of H-pyrrole nitrogens is 2. The van der Waals surface area contributed by atoms with Gasteiger partial charge in [0.05, 0.1) is 17.5 Å². The van der Waals surface area contributed by atoms with Crippen LogP contribution in [0.15, 0.2) is 41.2 Å². The summed E-state index contributed by atoms with van der Waals surface area (Å²) in [7, 11) is 0. The Hall–Kier alpha value is -4.28. The molecule has 188 valence electrons. The fourth-order valence-corrected chi connectivity index (χ4v) is 4.51. The lowest BCUT2D eigenvalue weighted by Crippen LogP contribution is -2.54. The number of Topliss-reactive ketones (excluding diaryl/α,β-unsaturated/α-hetero) is 1. The number of nitrogens with one attached hydrogen (secondary N) is 3. The lowest BCUT2D eigenvalue weighted by molar-refractivity contribution is -0.140. The molecule has 0 fully saturated rings. The van der Waals surface area contributed by atoms with Crippen LogP contribution in [0.2, 0.25) is 0 Å². The number of alkyl halides is 1. The minimum atomic E-state index is -1.53. The van der Waals surface area contributed by atoms with Gasteiger partial charge >= 0.3 is 11.7 Å². The minimum absolute atomic E-state index is 0.148. The highest BCUT2D eigenvalue weighted by Gasteiger charge is 2.39. The van der Waals surface area contributed by atoms with E-state index in [1.807, 2.05) is 12.1 Å². The van der Waals surface area contributed by atoms with E-state index in [4.69, 9.17) is 5.11 Å². The maximum absolute atomic E-state index is 13.4. The van der Waals surface area contributed by atoms with Crippen molar-refractivity contribution >= 4 is 34.6 Å².